The molecule has 1 saturated heterocycles. The van der Waals surface area contributed by atoms with Crippen molar-refractivity contribution in [2.45, 2.75) is 46.6 Å². The number of rotatable bonds is 8. The highest BCUT2D eigenvalue weighted by molar-refractivity contribution is 5.85. The second-order valence-electron chi connectivity index (χ2n) is 9.48. The van der Waals surface area contributed by atoms with Gasteiger partial charge in [0.05, 0.1) is 5.92 Å². The average molecular weight is 456 g/mol. The van der Waals surface area contributed by atoms with Gasteiger partial charge in [-0.2, -0.15) is 0 Å². The SMILES string of the molecule is CC1=C(CN2CC(C(=O)O)C2)CCc2cc(OCc3ccc(CC(C)C)cc3)ccc21.Cl. The molecule has 0 radical (unpaired) electrons. The highest BCUT2D eigenvalue weighted by atomic mass is 35.5. The van der Waals surface area contributed by atoms with E-state index in [2.05, 4.69) is 68.1 Å². The van der Waals surface area contributed by atoms with E-state index < -0.39 is 5.97 Å². The number of ether oxygens (including phenoxy) is 1. The molecule has 0 amide bonds. The van der Waals surface area contributed by atoms with Crippen molar-refractivity contribution in [1.82, 2.24) is 4.90 Å². The van der Waals surface area contributed by atoms with Crippen molar-refractivity contribution in [3.63, 3.8) is 0 Å². The summed E-state index contributed by atoms with van der Waals surface area (Å²) in [5.74, 6) is 0.731. The number of allylic oxidation sites excluding steroid dienone is 1. The first-order valence-electron chi connectivity index (χ1n) is 11.4. The maximum atomic E-state index is 11.0. The Hall–Kier alpha value is -2.30. The summed E-state index contributed by atoms with van der Waals surface area (Å²) in [5.41, 5.74) is 8.00. The van der Waals surface area contributed by atoms with E-state index in [0.717, 1.165) is 31.6 Å². The van der Waals surface area contributed by atoms with Crippen LogP contribution < -0.4 is 4.74 Å². The zero-order valence-electron chi connectivity index (χ0n) is 19.3. The van der Waals surface area contributed by atoms with Crippen LogP contribution in [0.4, 0.5) is 0 Å². The molecule has 1 aliphatic carbocycles. The van der Waals surface area contributed by atoms with Gasteiger partial charge in [0, 0.05) is 19.6 Å². The smallest absolute Gasteiger partial charge is 0.309 e. The number of fused-ring (bicyclic) bond motifs is 1. The Balaban J connectivity index is 0.00000289. The molecule has 0 spiro atoms. The summed E-state index contributed by atoms with van der Waals surface area (Å²) in [6.45, 7) is 9.50. The molecule has 5 heteroatoms. The molecule has 4 nitrogen and oxygen atoms in total. The molecule has 4 rings (SSSR count). The van der Waals surface area contributed by atoms with Crippen LogP contribution in [0.2, 0.25) is 0 Å². The summed E-state index contributed by atoms with van der Waals surface area (Å²) in [5, 5.41) is 9.07. The number of hydrogen-bond acceptors (Lipinski definition) is 3. The molecular weight excluding hydrogens is 422 g/mol. The Bertz CT molecular complexity index is 975. The molecule has 2 aliphatic rings. The van der Waals surface area contributed by atoms with Crippen LogP contribution in [-0.2, 0) is 24.2 Å². The third-order valence-corrected chi connectivity index (χ3v) is 6.50. The van der Waals surface area contributed by atoms with E-state index in [-0.39, 0.29) is 18.3 Å². The molecule has 2 aromatic rings. The molecule has 1 fully saturated rings. The standard InChI is InChI=1S/C27H33NO3.ClH/c1-18(2)12-20-4-6-21(7-5-20)17-31-25-10-11-26-19(3)23(9-8-22(26)13-25)14-28-15-24(16-28)27(29)30;/h4-7,10-11,13,18,24H,8-9,12,14-17H2,1-3H3,(H,29,30);1H. The fourth-order valence-corrected chi connectivity index (χ4v) is 4.63. The topological polar surface area (TPSA) is 49.8 Å². The van der Waals surface area contributed by atoms with Gasteiger partial charge in [0.25, 0.3) is 0 Å². The first kappa shape index (κ1) is 24.3. The predicted molar refractivity (Wildman–Crippen MR) is 131 cm³/mol. The number of aliphatic carboxylic acids is 1. The zero-order valence-corrected chi connectivity index (χ0v) is 20.1. The molecular formula is C27H34ClNO3. The molecule has 0 bridgehead atoms. The van der Waals surface area contributed by atoms with Crippen molar-refractivity contribution in [3.8, 4) is 5.75 Å². The largest absolute Gasteiger partial charge is 0.489 e. The van der Waals surface area contributed by atoms with Crippen molar-refractivity contribution in [2.24, 2.45) is 11.8 Å². The van der Waals surface area contributed by atoms with E-state index in [1.54, 1.807) is 0 Å². The summed E-state index contributed by atoms with van der Waals surface area (Å²) in [4.78, 5) is 13.3. The monoisotopic (exact) mass is 455 g/mol. The van der Waals surface area contributed by atoms with Gasteiger partial charge < -0.3 is 9.84 Å². The van der Waals surface area contributed by atoms with Crippen LogP contribution in [0.1, 0.15) is 49.4 Å². The maximum Gasteiger partial charge on any atom is 0.309 e. The van der Waals surface area contributed by atoms with Gasteiger partial charge in [-0.25, -0.2) is 0 Å². The average Bonchev–Trinajstić information content (AvgIpc) is 2.70. The first-order chi connectivity index (χ1) is 14.9. The molecule has 0 atom stereocenters. The molecule has 1 N–H and O–H groups in total. The number of nitrogens with zero attached hydrogens (tertiary/aromatic N) is 1. The van der Waals surface area contributed by atoms with Crippen LogP contribution in [0.5, 0.6) is 5.75 Å². The summed E-state index contributed by atoms with van der Waals surface area (Å²) >= 11 is 0. The van der Waals surface area contributed by atoms with Gasteiger partial charge in [0.2, 0.25) is 0 Å². The zero-order chi connectivity index (χ0) is 22.0. The Morgan fingerprint density at radius 1 is 1.09 bits per heavy atom. The normalized spacial score (nSPS) is 16.4. The molecule has 0 unspecified atom stereocenters. The number of likely N-dealkylation sites (tertiary alicyclic amines) is 1. The van der Waals surface area contributed by atoms with Gasteiger partial charge in [-0.15, -0.1) is 12.4 Å². The van der Waals surface area contributed by atoms with Gasteiger partial charge in [0.15, 0.2) is 0 Å². The lowest BCUT2D eigenvalue weighted by molar-refractivity contribution is -0.147. The minimum atomic E-state index is -0.671. The second-order valence-corrected chi connectivity index (χ2v) is 9.48. The van der Waals surface area contributed by atoms with Crippen LogP contribution >= 0.6 is 12.4 Å². The minimum absolute atomic E-state index is 0. The van der Waals surface area contributed by atoms with Crippen molar-refractivity contribution < 1.29 is 14.6 Å². The fraction of sp³-hybridized carbons (Fsp3) is 0.444. The van der Waals surface area contributed by atoms with Crippen molar-refractivity contribution >= 4 is 23.9 Å². The first-order valence-corrected chi connectivity index (χ1v) is 11.4. The second kappa shape index (κ2) is 10.5. The predicted octanol–water partition coefficient (Wildman–Crippen LogP) is 5.62. The van der Waals surface area contributed by atoms with Crippen LogP contribution in [0.15, 0.2) is 48.0 Å². The van der Waals surface area contributed by atoms with E-state index in [0.29, 0.717) is 25.6 Å². The number of carboxylic acid groups (broad SMARTS) is 1. The third kappa shape index (κ3) is 5.73. The maximum absolute atomic E-state index is 11.0. The third-order valence-electron chi connectivity index (χ3n) is 6.50. The number of halogens is 1. The Labute approximate surface area is 197 Å². The van der Waals surface area contributed by atoms with Gasteiger partial charge in [0.1, 0.15) is 12.4 Å². The molecule has 1 aliphatic heterocycles. The van der Waals surface area contributed by atoms with Crippen LogP contribution in [0, 0.1) is 11.8 Å². The van der Waals surface area contributed by atoms with Crippen LogP contribution in [-0.4, -0.2) is 35.6 Å². The minimum Gasteiger partial charge on any atom is -0.489 e. The summed E-state index contributed by atoms with van der Waals surface area (Å²) in [6, 6.07) is 15.2. The number of carbonyl (C=O) groups is 1. The van der Waals surface area contributed by atoms with Crippen LogP contribution in [0.3, 0.4) is 0 Å². The highest BCUT2D eigenvalue weighted by Crippen LogP contribution is 2.34. The van der Waals surface area contributed by atoms with Gasteiger partial charge >= 0.3 is 5.97 Å². The van der Waals surface area contributed by atoms with E-state index in [1.807, 2.05) is 0 Å². The molecule has 1 heterocycles. The van der Waals surface area contributed by atoms with E-state index in [4.69, 9.17) is 9.84 Å². The number of aryl methyl sites for hydroxylation is 1. The van der Waals surface area contributed by atoms with E-state index in [1.165, 1.54) is 33.4 Å². The van der Waals surface area contributed by atoms with E-state index in [9.17, 15) is 4.79 Å². The molecule has 0 saturated carbocycles. The number of hydrogen-bond donors (Lipinski definition) is 1. The Morgan fingerprint density at radius 3 is 2.44 bits per heavy atom. The summed E-state index contributed by atoms with van der Waals surface area (Å²) in [6.07, 6.45) is 3.16. The summed E-state index contributed by atoms with van der Waals surface area (Å²) < 4.78 is 6.09. The Morgan fingerprint density at radius 2 is 1.78 bits per heavy atom. The van der Waals surface area contributed by atoms with Gasteiger partial charge in [-0.1, -0.05) is 49.8 Å². The van der Waals surface area contributed by atoms with Crippen molar-refractivity contribution in [2.75, 3.05) is 19.6 Å². The van der Waals surface area contributed by atoms with Crippen molar-refractivity contribution in [3.05, 3.63) is 70.3 Å². The molecule has 172 valence electrons. The highest BCUT2D eigenvalue weighted by Gasteiger charge is 2.33. The molecule has 0 aromatic heterocycles. The van der Waals surface area contributed by atoms with Gasteiger partial charge in [-0.05, 0) is 72.1 Å². The lowest BCUT2D eigenvalue weighted by atomic mass is 9.85. The lowest BCUT2D eigenvalue weighted by Gasteiger charge is -2.38. The fourth-order valence-electron chi connectivity index (χ4n) is 4.63. The lowest BCUT2D eigenvalue weighted by Crippen LogP contribution is -2.50. The molecule has 2 aromatic carbocycles. The van der Waals surface area contributed by atoms with E-state index >= 15 is 0 Å². The quantitative estimate of drug-likeness (QED) is 0.561. The number of carboxylic acids is 1. The molecule has 32 heavy (non-hydrogen) atoms. The van der Waals surface area contributed by atoms with Gasteiger partial charge in [-0.3, -0.25) is 9.69 Å². The Kier molecular flexibility index (Phi) is 8.02. The van der Waals surface area contributed by atoms with Crippen molar-refractivity contribution in [1.29, 1.82) is 0 Å². The summed E-state index contributed by atoms with van der Waals surface area (Å²) in [7, 11) is 0. The van der Waals surface area contributed by atoms with Crippen LogP contribution in [0.25, 0.3) is 5.57 Å². The number of benzene rings is 2.